The zero-order chi connectivity index (χ0) is 19.6. The Morgan fingerprint density at radius 2 is 2.07 bits per heavy atom. The summed E-state index contributed by atoms with van der Waals surface area (Å²) in [4.78, 5) is 11.0. The van der Waals surface area contributed by atoms with Crippen LogP contribution in [-0.4, -0.2) is 48.5 Å². The summed E-state index contributed by atoms with van der Waals surface area (Å²) in [5.74, 6) is -1.24. The number of nitrogens with two attached hydrogens (primary N) is 1. The topological polar surface area (TPSA) is 118 Å². The van der Waals surface area contributed by atoms with Crippen LogP contribution in [0.4, 0.5) is 4.39 Å². The van der Waals surface area contributed by atoms with Gasteiger partial charge in [-0.1, -0.05) is 0 Å². The van der Waals surface area contributed by atoms with E-state index >= 15 is 0 Å². The molecule has 3 N–H and O–H groups in total. The van der Waals surface area contributed by atoms with E-state index in [1.807, 2.05) is 0 Å². The third-order valence-corrected chi connectivity index (χ3v) is 6.48. The second kappa shape index (κ2) is 7.65. The molecular formula is C17H21FN4O4S. The monoisotopic (exact) mass is 396 g/mol. The van der Waals surface area contributed by atoms with Crippen molar-refractivity contribution in [3.63, 3.8) is 0 Å². The lowest BCUT2D eigenvalue weighted by molar-refractivity contribution is 0.0995. The van der Waals surface area contributed by atoms with E-state index in [1.54, 1.807) is 13.0 Å². The second-order valence-electron chi connectivity index (χ2n) is 6.28. The molecule has 8 nitrogen and oxygen atoms in total. The Balaban J connectivity index is 1.70. The minimum Gasteiger partial charge on any atom is -0.491 e. The Labute approximate surface area is 156 Å². The quantitative estimate of drug-likeness (QED) is 0.769. The summed E-state index contributed by atoms with van der Waals surface area (Å²) in [5.41, 5.74) is 6.11. The van der Waals surface area contributed by atoms with Crippen molar-refractivity contribution in [1.29, 1.82) is 0 Å². The standard InChI is InChI=1S/C17H21FN4O4S/c1-2-26-16-4-3-12(9-13(16)18)27(24,25)22-7-5-11(6-8-22)14-10-15(17(19)23)21-20-14/h3-4,9-11H,2,5-8H2,1H3,(H2,19,23)(H,20,21). The van der Waals surface area contributed by atoms with Crippen LogP contribution in [0.25, 0.3) is 0 Å². The van der Waals surface area contributed by atoms with E-state index in [1.165, 1.54) is 16.4 Å². The zero-order valence-electron chi connectivity index (χ0n) is 14.8. The van der Waals surface area contributed by atoms with Gasteiger partial charge in [0.05, 0.1) is 11.5 Å². The van der Waals surface area contributed by atoms with Crippen molar-refractivity contribution in [2.24, 2.45) is 5.73 Å². The molecule has 0 aliphatic carbocycles. The number of amides is 1. The summed E-state index contributed by atoms with van der Waals surface area (Å²) < 4.78 is 46.0. The molecule has 10 heteroatoms. The SMILES string of the molecule is CCOc1ccc(S(=O)(=O)N2CCC(c3cc(C(N)=O)n[nH]3)CC2)cc1F. The number of nitrogens with one attached hydrogen (secondary N) is 1. The molecule has 1 aromatic carbocycles. The summed E-state index contributed by atoms with van der Waals surface area (Å²) in [6.45, 7) is 2.58. The minimum absolute atomic E-state index is 0.0275. The summed E-state index contributed by atoms with van der Waals surface area (Å²) in [6.07, 6.45) is 1.11. The molecule has 1 aliphatic heterocycles. The number of carbonyl (C=O) groups is 1. The number of sulfonamides is 1. The van der Waals surface area contributed by atoms with E-state index in [0.29, 0.717) is 19.4 Å². The number of primary amides is 1. The first-order valence-electron chi connectivity index (χ1n) is 8.60. The molecule has 0 bridgehead atoms. The molecule has 3 rings (SSSR count). The van der Waals surface area contributed by atoms with Gasteiger partial charge in [-0.3, -0.25) is 9.89 Å². The first-order chi connectivity index (χ1) is 12.8. The fraction of sp³-hybridized carbons (Fsp3) is 0.412. The smallest absolute Gasteiger partial charge is 0.269 e. The van der Waals surface area contributed by atoms with Gasteiger partial charge in [0.2, 0.25) is 10.0 Å². The molecule has 146 valence electrons. The number of hydrogen-bond donors (Lipinski definition) is 2. The van der Waals surface area contributed by atoms with E-state index in [9.17, 15) is 17.6 Å². The number of aromatic amines is 1. The molecule has 0 spiro atoms. The lowest BCUT2D eigenvalue weighted by Gasteiger charge is -2.30. The Morgan fingerprint density at radius 3 is 2.63 bits per heavy atom. The summed E-state index contributed by atoms with van der Waals surface area (Å²) >= 11 is 0. The highest BCUT2D eigenvalue weighted by Gasteiger charge is 2.31. The van der Waals surface area contributed by atoms with Gasteiger partial charge < -0.3 is 10.5 Å². The maximum atomic E-state index is 14.0. The average molecular weight is 396 g/mol. The van der Waals surface area contributed by atoms with Gasteiger partial charge in [-0.15, -0.1) is 0 Å². The number of rotatable bonds is 6. The van der Waals surface area contributed by atoms with E-state index in [4.69, 9.17) is 10.5 Å². The van der Waals surface area contributed by atoms with Crippen LogP contribution in [0.2, 0.25) is 0 Å². The van der Waals surface area contributed by atoms with Crippen LogP contribution in [0.5, 0.6) is 5.75 Å². The molecule has 0 atom stereocenters. The first-order valence-corrected chi connectivity index (χ1v) is 10.0. The van der Waals surface area contributed by atoms with Gasteiger partial charge in [0, 0.05) is 24.7 Å². The van der Waals surface area contributed by atoms with Crippen LogP contribution in [0.15, 0.2) is 29.2 Å². The van der Waals surface area contributed by atoms with Crippen LogP contribution in [0, 0.1) is 5.82 Å². The maximum Gasteiger partial charge on any atom is 0.269 e. The highest BCUT2D eigenvalue weighted by molar-refractivity contribution is 7.89. The van der Waals surface area contributed by atoms with Crippen LogP contribution < -0.4 is 10.5 Å². The fourth-order valence-electron chi connectivity index (χ4n) is 3.14. The molecule has 1 saturated heterocycles. The van der Waals surface area contributed by atoms with Gasteiger partial charge >= 0.3 is 0 Å². The number of piperidine rings is 1. The summed E-state index contributed by atoms with van der Waals surface area (Å²) in [6, 6.07) is 5.26. The predicted octanol–water partition coefficient (Wildman–Crippen LogP) is 1.61. The normalized spacial score (nSPS) is 16.4. The zero-order valence-corrected chi connectivity index (χ0v) is 15.6. The molecule has 0 radical (unpaired) electrons. The number of ether oxygens (including phenoxy) is 1. The highest BCUT2D eigenvalue weighted by Crippen LogP contribution is 2.31. The van der Waals surface area contributed by atoms with Crippen molar-refractivity contribution in [3.05, 3.63) is 41.5 Å². The number of hydrogen-bond acceptors (Lipinski definition) is 5. The number of benzene rings is 1. The molecular weight excluding hydrogens is 375 g/mol. The van der Waals surface area contributed by atoms with E-state index in [2.05, 4.69) is 10.2 Å². The third kappa shape index (κ3) is 3.96. The van der Waals surface area contributed by atoms with Gasteiger partial charge in [-0.05, 0) is 44.0 Å². The van der Waals surface area contributed by atoms with E-state index < -0.39 is 21.7 Å². The lowest BCUT2D eigenvalue weighted by atomic mass is 9.94. The second-order valence-corrected chi connectivity index (χ2v) is 8.21. The van der Waals surface area contributed by atoms with Gasteiger partial charge in [0.25, 0.3) is 5.91 Å². The molecule has 0 saturated carbocycles. The molecule has 2 heterocycles. The van der Waals surface area contributed by atoms with Crippen LogP contribution in [0.1, 0.15) is 41.9 Å². The maximum absolute atomic E-state index is 14.0. The summed E-state index contributed by atoms with van der Waals surface area (Å²) in [5, 5.41) is 6.64. The molecule has 1 amide bonds. The van der Waals surface area contributed by atoms with Gasteiger partial charge in [-0.2, -0.15) is 9.40 Å². The number of aromatic nitrogens is 2. The molecule has 1 fully saturated rings. The van der Waals surface area contributed by atoms with Gasteiger partial charge in [-0.25, -0.2) is 12.8 Å². The number of H-pyrrole nitrogens is 1. The van der Waals surface area contributed by atoms with Crippen LogP contribution >= 0.6 is 0 Å². The summed E-state index contributed by atoms with van der Waals surface area (Å²) in [7, 11) is -3.79. The Bertz CT molecular complexity index is 936. The highest BCUT2D eigenvalue weighted by atomic mass is 32.2. The van der Waals surface area contributed by atoms with Crippen molar-refractivity contribution < 1.29 is 22.3 Å². The van der Waals surface area contributed by atoms with Crippen molar-refractivity contribution in [3.8, 4) is 5.75 Å². The number of halogens is 1. The van der Waals surface area contributed by atoms with Crippen LogP contribution in [0.3, 0.4) is 0 Å². The van der Waals surface area contributed by atoms with Crippen molar-refractivity contribution in [1.82, 2.24) is 14.5 Å². The van der Waals surface area contributed by atoms with Crippen LogP contribution in [-0.2, 0) is 10.0 Å². The van der Waals surface area contributed by atoms with E-state index in [-0.39, 0.29) is 35.3 Å². The minimum atomic E-state index is -3.79. The lowest BCUT2D eigenvalue weighted by Crippen LogP contribution is -2.38. The van der Waals surface area contributed by atoms with Gasteiger partial charge in [0.1, 0.15) is 5.69 Å². The number of carbonyl (C=O) groups excluding carboxylic acids is 1. The van der Waals surface area contributed by atoms with E-state index in [0.717, 1.165) is 11.8 Å². The largest absolute Gasteiger partial charge is 0.491 e. The number of nitrogens with zero attached hydrogens (tertiary/aromatic N) is 2. The molecule has 27 heavy (non-hydrogen) atoms. The van der Waals surface area contributed by atoms with Crippen molar-refractivity contribution in [2.45, 2.75) is 30.6 Å². The molecule has 1 aromatic heterocycles. The van der Waals surface area contributed by atoms with Gasteiger partial charge in [0.15, 0.2) is 11.6 Å². The Morgan fingerprint density at radius 1 is 1.37 bits per heavy atom. The first kappa shape index (κ1) is 19.3. The molecule has 1 aliphatic rings. The molecule has 0 unspecified atom stereocenters. The Hall–Kier alpha value is -2.46. The average Bonchev–Trinajstić information content (AvgIpc) is 3.14. The van der Waals surface area contributed by atoms with Crippen molar-refractivity contribution in [2.75, 3.05) is 19.7 Å². The Kier molecular flexibility index (Phi) is 5.47. The fourth-order valence-corrected chi connectivity index (χ4v) is 4.62. The van der Waals surface area contributed by atoms with Crippen molar-refractivity contribution >= 4 is 15.9 Å². The predicted molar refractivity (Wildman–Crippen MR) is 95.4 cm³/mol. The third-order valence-electron chi connectivity index (χ3n) is 4.58. The molecule has 2 aromatic rings.